The Morgan fingerprint density at radius 2 is 2.05 bits per heavy atom. The summed E-state index contributed by atoms with van der Waals surface area (Å²) in [6.07, 6.45) is -4.76. The molecule has 0 aliphatic rings. The summed E-state index contributed by atoms with van der Waals surface area (Å²) in [4.78, 5) is 9.62. The lowest BCUT2D eigenvalue weighted by atomic mass is 10.1. The van der Waals surface area contributed by atoms with Gasteiger partial charge in [-0.15, -0.1) is 0 Å². The highest BCUT2D eigenvalue weighted by molar-refractivity contribution is 7.51. The van der Waals surface area contributed by atoms with Crippen molar-refractivity contribution in [1.29, 1.82) is 0 Å². The fourth-order valence-electron chi connectivity index (χ4n) is 1.47. The Balaban J connectivity index is 2.85. The predicted molar refractivity (Wildman–Crippen MR) is 65.8 cm³/mol. The van der Waals surface area contributed by atoms with Crippen molar-refractivity contribution in [2.45, 2.75) is 38.7 Å². The van der Waals surface area contributed by atoms with Crippen molar-refractivity contribution in [3.8, 4) is 0 Å². The van der Waals surface area contributed by atoms with Gasteiger partial charge in [-0.3, -0.25) is 4.57 Å². The largest absolute Gasteiger partial charge is 0.416 e. The zero-order chi connectivity index (χ0) is 14.7. The highest BCUT2D eigenvalue weighted by atomic mass is 31.2. The minimum atomic E-state index is -4.47. The van der Waals surface area contributed by atoms with Gasteiger partial charge in [0.05, 0.1) is 17.8 Å². The van der Waals surface area contributed by atoms with Gasteiger partial charge < -0.3 is 9.42 Å². The van der Waals surface area contributed by atoms with Crippen LogP contribution in [0.1, 0.15) is 31.4 Å². The molecule has 7 heteroatoms. The van der Waals surface area contributed by atoms with E-state index in [0.717, 1.165) is 12.1 Å². The molecule has 0 saturated heterocycles. The second-order valence-corrected chi connectivity index (χ2v) is 6.12. The number of benzene rings is 1. The van der Waals surface area contributed by atoms with Crippen LogP contribution in [0, 0.1) is 0 Å². The van der Waals surface area contributed by atoms with E-state index in [1.807, 2.05) is 0 Å². The quantitative estimate of drug-likeness (QED) is 0.828. The van der Waals surface area contributed by atoms with Crippen LogP contribution < -0.4 is 0 Å². The molecule has 0 fully saturated rings. The minimum absolute atomic E-state index is 0.129. The molecule has 0 saturated carbocycles. The number of alkyl halides is 3. The lowest BCUT2D eigenvalue weighted by Gasteiger charge is -2.17. The second kappa shape index (κ2) is 6.07. The summed E-state index contributed by atoms with van der Waals surface area (Å²) in [5.41, 5.74) is -0.711. The van der Waals surface area contributed by atoms with Crippen molar-refractivity contribution in [2.24, 2.45) is 0 Å². The van der Waals surface area contributed by atoms with Gasteiger partial charge in [0.2, 0.25) is 0 Å². The van der Waals surface area contributed by atoms with Gasteiger partial charge in [0.1, 0.15) is 0 Å². The molecule has 19 heavy (non-hydrogen) atoms. The molecule has 108 valence electrons. The average molecular weight is 296 g/mol. The summed E-state index contributed by atoms with van der Waals surface area (Å²) in [6, 6.07) is 4.36. The minimum Gasteiger partial charge on any atom is -0.324 e. The number of hydrogen-bond acceptors (Lipinski definition) is 2. The topological polar surface area (TPSA) is 46.5 Å². The van der Waals surface area contributed by atoms with Gasteiger partial charge in [-0.05, 0) is 25.0 Å². The van der Waals surface area contributed by atoms with Crippen LogP contribution in [0.4, 0.5) is 13.2 Å². The third kappa shape index (κ3) is 5.35. The summed E-state index contributed by atoms with van der Waals surface area (Å²) >= 11 is 0. The number of halogens is 3. The molecule has 0 aliphatic carbocycles. The van der Waals surface area contributed by atoms with Crippen LogP contribution in [0.2, 0.25) is 0 Å². The fourth-order valence-corrected chi connectivity index (χ4v) is 2.91. The SMILES string of the molecule is CCC(C)OP(=O)(O)Cc1cccc(C(F)(F)F)c1. The molecular formula is C12H16F3O3P. The Hall–Kier alpha value is -0.840. The van der Waals surface area contributed by atoms with E-state index in [0.29, 0.717) is 6.42 Å². The average Bonchev–Trinajstić information content (AvgIpc) is 2.26. The highest BCUT2D eigenvalue weighted by Crippen LogP contribution is 2.47. The molecule has 2 unspecified atom stereocenters. The van der Waals surface area contributed by atoms with E-state index in [1.54, 1.807) is 13.8 Å². The molecule has 1 aromatic rings. The predicted octanol–water partition coefficient (Wildman–Crippen LogP) is 4.21. The van der Waals surface area contributed by atoms with E-state index in [9.17, 15) is 22.6 Å². The molecule has 0 aliphatic heterocycles. The molecule has 2 atom stereocenters. The third-order valence-electron chi connectivity index (χ3n) is 2.56. The molecule has 0 heterocycles. The highest BCUT2D eigenvalue weighted by Gasteiger charge is 2.31. The van der Waals surface area contributed by atoms with Crippen LogP contribution in [0.25, 0.3) is 0 Å². The van der Waals surface area contributed by atoms with Crippen molar-refractivity contribution >= 4 is 7.60 Å². The monoisotopic (exact) mass is 296 g/mol. The maximum Gasteiger partial charge on any atom is 0.416 e. The Morgan fingerprint density at radius 3 is 2.58 bits per heavy atom. The maximum atomic E-state index is 12.5. The first-order valence-corrected chi connectivity index (χ1v) is 7.56. The van der Waals surface area contributed by atoms with Gasteiger partial charge in [-0.2, -0.15) is 13.2 Å². The number of hydrogen-bond donors (Lipinski definition) is 1. The molecule has 3 nitrogen and oxygen atoms in total. The molecule has 0 bridgehead atoms. The normalized spacial score (nSPS) is 16.9. The van der Waals surface area contributed by atoms with Crippen molar-refractivity contribution in [2.75, 3.05) is 0 Å². The fraction of sp³-hybridized carbons (Fsp3) is 0.500. The van der Waals surface area contributed by atoms with Crippen LogP contribution in [0.3, 0.4) is 0 Å². The molecule has 0 radical (unpaired) electrons. The molecule has 1 rings (SSSR count). The van der Waals surface area contributed by atoms with E-state index < -0.39 is 31.6 Å². The maximum absolute atomic E-state index is 12.5. The second-order valence-electron chi connectivity index (χ2n) is 4.32. The van der Waals surface area contributed by atoms with Gasteiger partial charge in [0.15, 0.2) is 0 Å². The van der Waals surface area contributed by atoms with E-state index in [4.69, 9.17) is 4.52 Å². The van der Waals surface area contributed by atoms with Crippen molar-refractivity contribution in [1.82, 2.24) is 0 Å². The first-order valence-electron chi connectivity index (χ1n) is 5.80. The summed E-state index contributed by atoms with van der Waals surface area (Å²) in [7, 11) is -3.93. The van der Waals surface area contributed by atoms with Gasteiger partial charge in [-0.1, -0.05) is 25.1 Å². The van der Waals surface area contributed by atoms with E-state index in [-0.39, 0.29) is 5.56 Å². The first-order chi connectivity index (χ1) is 8.64. The summed E-state index contributed by atoms with van der Waals surface area (Å²) in [6.45, 7) is 3.42. The van der Waals surface area contributed by atoms with E-state index in [1.165, 1.54) is 12.1 Å². The Morgan fingerprint density at radius 1 is 1.42 bits per heavy atom. The molecule has 1 N–H and O–H groups in total. The molecule has 0 amide bonds. The van der Waals surface area contributed by atoms with Crippen molar-refractivity contribution < 1.29 is 27.2 Å². The summed E-state index contributed by atoms with van der Waals surface area (Å²) < 4.78 is 54.2. The van der Waals surface area contributed by atoms with Crippen molar-refractivity contribution in [3.05, 3.63) is 35.4 Å². The van der Waals surface area contributed by atoms with Crippen LogP contribution in [-0.2, 0) is 21.4 Å². The van der Waals surface area contributed by atoms with Crippen LogP contribution >= 0.6 is 7.60 Å². The van der Waals surface area contributed by atoms with Gasteiger partial charge in [0.25, 0.3) is 0 Å². The molecule has 0 spiro atoms. The summed E-state index contributed by atoms with van der Waals surface area (Å²) in [5, 5.41) is 0. The van der Waals surface area contributed by atoms with Gasteiger partial charge in [-0.25, -0.2) is 0 Å². The zero-order valence-electron chi connectivity index (χ0n) is 10.6. The zero-order valence-corrected chi connectivity index (χ0v) is 11.5. The smallest absolute Gasteiger partial charge is 0.324 e. The van der Waals surface area contributed by atoms with Crippen LogP contribution in [-0.4, -0.2) is 11.0 Å². The van der Waals surface area contributed by atoms with Crippen molar-refractivity contribution in [3.63, 3.8) is 0 Å². The summed E-state index contributed by atoms with van der Waals surface area (Å²) in [5.74, 6) is 0. The third-order valence-corrected chi connectivity index (χ3v) is 4.01. The Kier molecular flexibility index (Phi) is 5.18. The lowest BCUT2D eigenvalue weighted by molar-refractivity contribution is -0.137. The number of rotatable bonds is 5. The lowest BCUT2D eigenvalue weighted by Crippen LogP contribution is -2.07. The molecule has 0 aromatic heterocycles. The first kappa shape index (κ1) is 16.2. The standard InChI is InChI=1S/C12H16F3O3P/c1-3-9(2)18-19(16,17)8-10-5-4-6-11(7-10)12(13,14)15/h4-7,9H,3,8H2,1-2H3,(H,16,17). The van der Waals surface area contributed by atoms with Gasteiger partial charge >= 0.3 is 13.8 Å². The van der Waals surface area contributed by atoms with Crippen LogP contribution in [0.5, 0.6) is 0 Å². The molecular weight excluding hydrogens is 280 g/mol. The van der Waals surface area contributed by atoms with Gasteiger partial charge in [0, 0.05) is 0 Å². The Bertz CT molecular complexity index is 474. The Labute approximate surface area is 109 Å². The van der Waals surface area contributed by atoms with E-state index >= 15 is 0 Å². The molecule has 1 aromatic carbocycles. The van der Waals surface area contributed by atoms with E-state index in [2.05, 4.69) is 0 Å². The van der Waals surface area contributed by atoms with Crippen LogP contribution in [0.15, 0.2) is 24.3 Å².